The van der Waals surface area contributed by atoms with Gasteiger partial charge in [0.2, 0.25) is 0 Å². The third-order valence-electron chi connectivity index (χ3n) is 3.29. The standard InChI is InChI=1S/C15H23NOS/c1-16(12-14-8-10-17-13-14)9-5-11-18-15-6-3-2-4-7-15/h2-4,6-7,14H,5,8-13H2,1H3/t14-/m0/s1. The molecule has 2 rings (SSSR count). The van der Waals surface area contributed by atoms with Crippen LogP contribution >= 0.6 is 11.8 Å². The van der Waals surface area contributed by atoms with Gasteiger partial charge in [-0.05, 0) is 50.2 Å². The summed E-state index contributed by atoms with van der Waals surface area (Å²) in [4.78, 5) is 3.83. The highest BCUT2D eigenvalue weighted by atomic mass is 32.2. The van der Waals surface area contributed by atoms with Crippen LogP contribution in [-0.2, 0) is 4.74 Å². The minimum Gasteiger partial charge on any atom is -0.381 e. The van der Waals surface area contributed by atoms with Gasteiger partial charge < -0.3 is 9.64 Å². The molecular formula is C15H23NOS. The first-order valence-corrected chi connectivity index (χ1v) is 7.77. The molecule has 0 radical (unpaired) electrons. The normalized spacial score (nSPS) is 19.6. The number of nitrogens with zero attached hydrogens (tertiary/aromatic N) is 1. The summed E-state index contributed by atoms with van der Waals surface area (Å²) in [7, 11) is 2.23. The molecule has 1 aromatic carbocycles. The largest absolute Gasteiger partial charge is 0.381 e. The Morgan fingerprint density at radius 3 is 2.89 bits per heavy atom. The Kier molecular flexibility index (Phi) is 6.05. The Labute approximate surface area is 115 Å². The zero-order valence-electron chi connectivity index (χ0n) is 11.2. The molecule has 18 heavy (non-hydrogen) atoms. The van der Waals surface area contributed by atoms with Crippen LogP contribution in [-0.4, -0.2) is 44.0 Å². The molecule has 1 fully saturated rings. The minimum absolute atomic E-state index is 0.761. The number of thioether (sulfide) groups is 1. The van der Waals surface area contributed by atoms with E-state index in [9.17, 15) is 0 Å². The van der Waals surface area contributed by atoms with Crippen molar-refractivity contribution in [2.75, 3.05) is 39.1 Å². The average molecular weight is 265 g/mol. The highest BCUT2D eigenvalue weighted by molar-refractivity contribution is 7.99. The monoisotopic (exact) mass is 265 g/mol. The maximum Gasteiger partial charge on any atom is 0.0507 e. The van der Waals surface area contributed by atoms with Crippen molar-refractivity contribution >= 4 is 11.8 Å². The number of hydrogen-bond donors (Lipinski definition) is 0. The molecule has 100 valence electrons. The summed E-state index contributed by atoms with van der Waals surface area (Å²) in [5.74, 6) is 1.96. The predicted molar refractivity (Wildman–Crippen MR) is 78.2 cm³/mol. The van der Waals surface area contributed by atoms with E-state index >= 15 is 0 Å². The molecule has 0 spiro atoms. The van der Waals surface area contributed by atoms with Crippen LogP contribution in [0, 0.1) is 5.92 Å². The van der Waals surface area contributed by atoms with Crippen molar-refractivity contribution in [1.82, 2.24) is 4.90 Å². The van der Waals surface area contributed by atoms with Crippen molar-refractivity contribution in [2.24, 2.45) is 5.92 Å². The van der Waals surface area contributed by atoms with E-state index in [1.165, 1.54) is 36.6 Å². The molecule has 0 aromatic heterocycles. The Balaban J connectivity index is 1.54. The summed E-state index contributed by atoms with van der Waals surface area (Å²) in [6, 6.07) is 10.7. The number of rotatable bonds is 7. The lowest BCUT2D eigenvalue weighted by Gasteiger charge is -2.19. The zero-order valence-corrected chi connectivity index (χ0v) is 12.0. The highest BCUT2D eigenvalue weighted by Gasteiger charge is 2.16. The van der Waals surface area contributed by atoms with Crippen LogP contribution in [0.2, 0.25) is 0 Å². The molecule has 1 saturated heterocycles. The van der Waals surface area contributed by atoms with Crippen molar-refractivity contribution < 1.29 is 4.74 Å². The predicted octanol–water partition coefficient (Wildman–Crippen LogP) is 3.14. The number of ether oxygens (including phenoxy) is 1. The van der Waals surface area contributed by atoms with Crippen LogP contribution in [0.4, 0.5) is 0 Å². The Morgan fingerprint density at radius 1 is 1.33 bits per heavy atom. The molecule has 1 aromatic rings. The molecule has 0 amide bonds. The van der Waals surface area contributed by atoms with Gasteiger partial charge in [-0.25, -0.2) is 0 Å². The van der Waals surface area contributed by atoms with Gasteiger partial charge in [0.25, 0.3) is 0 Å². The molecule has 2 nitrogen and oxygen atoms in total. The molecule has 0 N–H and O–H groups in total. The van der Waals surface area contributed by atoms with E-state index in [4.69, 9.17) is 4.74 Å². The second kappa shape index (κ2) is 7.82. The first-order chi connectivity index (χ1) is 8.84. The van der Waals surface area contributed by atoms with Crippen LogP contribution in [0.1, 0.15) is 12.8 Å². The van der Waals surface area contributed by atoms with Crippen molar-refractivity contribution in [1.29, 1.82) is 0 Å². The van der Waals surface area contributed by atoms with Crippen LogP contribution < -0.4 is 0 Å². The van der Waals surface area contributed by atoms with Gasteiger partial charge in [0, 0.05) is 18.0 Å². The fourth-order valence-electron chi connectivity index (χ4n) is 2.30. The average Bonchev–Trinajstić information content (AvgIpc) is 2.89. The summed E-state index contributed by atoms with van der Waals surface area (Å²) >= 11 is 1.95. The van der Waals surface area contributed by atoms with Gasteiger partial charge in [-0.3, -0.25) is 0 Å². The second-order valence-electron chi connectivity index (χ2n) is 5.01. The number of benzene rings is 1. The van der Waals surface area contributed by atoms with Crippen molar-refractivity contribution in [2.45, 2.75) is 17.7 Å². The summed E-state index contributed by atoms with van der Waals surface area (Å²) in [6.07, 6.45) is 2.49. The second-order valence-corrected chi connectivity index (χ2v) is 6.18. The lowest BCUT2D eigenvalue weighted by Crippen LogP contribution is -2.27. The highest BCUT2D eigenvalue weighted by Crippen LogP contribution is 2.18. The van der Waals surface area contributed by atoms with Gasteiger partial charge in [0.15, 0.2) is 0 Å². The molecule has 1 heterocycles. The molecule has 0 aliphatic carbocycles. The van der Waals surface area contributed by atoms with Gasteiger partial charge in [-0.2, -0.15) is 0 Å². The summed E-state index contributed by atoms with van der Waals surface area (Å²) in [5, 5.41) is 0. The van der Waals surface area contributed by atoms with E-state index in [2.05, 4.69) is 42.3 Å². The first kappa shape index (κ1) is 13.9. The molecule has 0 unspecified atom stereocenters. The van der Waals surface area contributed by atoms with E-state index in [0.29, 0.717) is 0 Å². The molecular weight excluding hydrogens is 242 g/mol. The summed E-state index contributed by atoms with van der Waals surface area (Å²) in [5.41, 5.74) is 0. The lowest BCUT2D eigenvalue weighted by atomic mass is 10.1. The fraction of sp³-hybridized carbons (Fsp3) is 0.600. The summed E-state index contributed by atoms with van der Waals surface area (Å²) in [6.45, 7) is 4.30. The lowest BCUT2D eigenvalue weighted by molar-refractivity contribution is 0.174. The third-order valence-corrected chi connectivity index (χ3v) is 4.39. The van der Waals surface area contributed by atoms with E-state index in [0.717, 1.165) is 19.1 Å². The molecule has 3 heteroatoms. The molecule has 1 atom stereocenters. The smallest absolute Gasteiger partial charge is 0.0507 e. The van der Waals surface area contributed by atoms with Gasteiger partial charge in [0.1, 0.15) is 0 Å². The molecule has 0 saturated carbocycles. The van der Waals surface area contributed by atoms with Crippen molar-refractivity contribution in [3.63, 3.8) is 0 Å². The Morgan fingerprint density at radius 2 is 2.17 bits per heavy atom. The van der Waals surface area contributed by atoms with E-state index in [1.54, 1.807) is 0 Å². The SMILES string of the molecule is CN(CCCSc1ccccc1)C[C@@H]1CCOC1. The van der Waals surface area contributed by atoms with Crippen molar-refractivity contribution in [3.05, 3.63) is 30.3 Å². The third kappa shape index (κ3) is 5.01. The fourth-order valence-corrected chi connectivity index (χ4v) is 3.16. The van der Waals surface area contributed by atoms with Crippen LogP contribution in [0.25, 0.3) is 0 Å². The topological polar surface area (TPSA) is 12.5 Å². The van der Waals surface area contributed by atoms with Crippen LogP contribution in [0.15, 0.2) is 35.2 Å². The van der Waals surface area contributed by atoms with E-state index in [-0.39, 0.29) is 0 Å². The van der Waals surface area contributed by atoms with E-state index < -0.39 is 0 Å². The van der Waals surface area contributed by atoms with Gasteiger partial charge in [-0.15, -0.1) is 11.8 Å². The zero-order chi connectivity index (χ0) is 12.6. The van der Waals surface area contributed by atoms with Gasteiger partial charge in [-0.1, -0.05) is 18.2 Å². The van der Waals surface area contributed by atoms with Crippen LogP contribution in [0.5, 0.6) is 0 Å². The summed E-state index contributed by atoms with van der Waals surface area (Å²) < 4.78 is 5.41. The molecule has 0 bridgehead atoms. The quantitative estimate of drug-likeness (QED) is 0.555. The number of hydrogen-bond acceptors (Lipinski definition) is 3. The molecule has 1 aliphatic rings. The maximum atomic E-state index is 5.41. The van der Waals surface area contributed by atoms with Crippen molar-refractivity contribution in [3.8, 4) is 0 Å². The van der Waals surface area contributed by atoms with Crippen LogP contribution in [0.3, 0.4) is 0 Å². The molecule has 1 aliphatic heterocycles. The first-order valence-electron chi connectivity index (χ1n) is 6.79. The van der Waals surface area contributed by atoms with Gasteiger partial charge >= 0.3 is 0 Å². The minimum atomic E-state index is 0.761. The Hall–Kier alpha value is -0.510. The Bertz CT molecular complexity index is 325. The van der Waals surface area contributed by atoms with Gasteiger partial charge in [0.05, 0.1) is 6.61 Å². The van der Waals surface area contributed by atoms with E-state index in [1.807, 2.05) is 11.8 Å². The maximum absolute atomic E-state index is 5.41.